The number of unbranched alkanes of at least 4 members (excludes halogenated alkanes) is 1. The number of carbonyl (C=O) groups excluding carboxylic acids is 4. The van der Waals surface area contributed by atoms with Gasteiger partial charge in [0.05, 0.1) is 155 Å². The third-order valence-electron chi connectivity index (χ3n) is 18.8. The van der Waals surface area contributed by atoms with Gasteiger partial charge in [-0.2, -0.15) is 0 Å². The van der Waals surface area contributed by atoms with Crippen LogP contribution in [0.3, 0.4) is 0 Å². The predicted molar refractivity (Wildman–Crippen MR) is 379 cm³/mol. The number of carboxylic acid groups (broad SMARTS) is 1. The molecule has 5 aliphatic heterocycles. The van der Waals surface area contributed by atoms with Crippen LogP contribution in [0.2, 0.25) is 0 Å². The molecule has 0 aliphatic carbocycles. The van der Waals surface area contributed by atoms with Crippen molar-refractivity contribution in [2.24, 2.45) is 0 Å². The Morgan fingerprint density at radius 3 is 1.09 bits per heavy atom. The molecule has 0 aromatic carbocycles. The molecule has 646 valence electrons. The number of nitrogens with one attached hydrogen (secondary N) is 6. The van der Waals surface area contributed by atoms with E-state index in [4.69, 9.17) is 56.8 Å². The minimum atomic E-state index is -1.50. The normalized spacial score (nSPS) is 28.8. The summed E-state index contributed by atoms with van der Waals surface area (Å²) in [5.74, 6) is -3.16. The lowest BCUT2D eigenvalue weighted by molar-refractivity contribution is -0.272. The zero-order chi connectivity index (χ0) is 82.4. The molecule has 4 fully saturated rings. The summed E-state index contributed by atoms with van der Waals surface area (Å²) in [5, 5.41) is 172. The molecule has 114 heavy (non-hydrogen) atoms. The Balaban J connectivity index is 0.891. The molecule has 4 amide bonds. The Bertz CT molecular complexity index is 3290. The van der Waals surface area contributed by atoms with E-state index in [1.54, 1.807) is 33.2 Å². The van der Waals surface area contributed by atoms with Crippen LogP contribution < -0.4 is 32.2 Å². The van der Waals surface area contributed by atoms with Crippen molar-refractivity contribution in [2.75, 3.05) is 125 Å². The Labute approximate surface area is 654 Å². The summed E-state index contributed by atoms with van der Waals surface area (Å²) in [6.07, 6.45) is -13.5. The lowest BCUT2D eigenvalue weighted by Crippen LogP contribution is -2.64. The SMILES string of the molecule is CC(=O)N[C@H]1[C@H](OCCOCCN2C=C(CN(CCCC[C@@H](C(=O)O)N(Cc3cn(CCOCCO[C@@H]4O[C@H](CO)[C@H](O)[C@H](O)[C@H]4NC(C)=O)nn3)Cc3cn(CCOCCO[C@@H]4O[C@H](CO)[C@H](O)[C@H](O)[C@H]4NC(C)=O)nn3)Cc3cn(CCOCCO[C@@H]4O[C@H](CO)[C@H](O)[C@H](O)[C@H]4NC(C)=O)nn3)NN2)O[C@H](CO)[C@H](O)[C@@H]1O. The smallest absolute Gasteiger partial charge is 0.320 e. The van der Waals surface area contributed by atoms with Crippen molar-refractivity contribution in [1.82, 2.24) is 92.0 Å². The molecule has 19 N–H and O–H groups in total. The Hall–Kier alpha value is -6.97. The van der Waals surface area contributed by atoms with Crippen LogP contribution in [0.5, 0.6) is 0 Å². The number of hydrogen-bond acceptors (Lipinski definition) is 40. The molecular weight excluding hydrogens is 1520 g/mol. The van der Waals surface area contributed by atoms with E-state index < -0.39 is 185 Å². The van der Waals surface area contributed by atoms with Crippen molar-refractivity contribution in [3.63, 3.8) is 0 Å². The largest absolute Gasteiger partial charge is 0.480 e. The van der Waals surface area contributed by atoms with Gasteiger partial charge in [-0.3, -0.25) is 38.8 Å². The maximum absolute atomic E-state index is 13.6. The van der Waals surface area contributed by atoms with Gasteiger partial charge in [-0.15, -0.1) is 20.8 Å². The van der Waals surface area contributed by atoms with E-state index in [1.165, 1.54) is 37.1 Å². The number of carboxylic acids is 1. The van der Waals surface area contributed by atoms with Crippen LogP contribution in [0.1, 0.15) is 64.0 Å². The Morgan fingerprint density at radius 1 is 0.447 bits per heavy atom. The second-order valence-electron chi connectivity index (χ2n) is 27.6. The average molecular weight is 1640 g/mol. The van der Waals surface area contributed by atoms with E-state index >= 15 is 0 Å². The van der Waals surface area contributed by atoms with Gasteiger partial charge in [0, 0.05) is 78.7 Å². The second kappa shape index (κ2) is 47.4. The minimum Gasteiger partial charge on any atom is -0.480 e. The first-order chi connectivity index (χ1) is 54.8. The van der Waals surface area contributed by atoms with E-state index in [-0.39, 0.29) is 125 Å². The van der Waals surface area contributed by atoms with Crippen LogP contribution in [-0.4, -0.2) is 410 Å². The fraction of sp³-hybridized carbons (Fsp3) is 0.803. The standard InChI is InChI=1S/C66H112N18O30/c1-37(89)67-50-58(97)54(93)46(33-85)111-63(50)107-21-17-103-13-9-81-29-41(71-75-81)25-79(26-42-30-82(76-72-42)10-14-104-18-22-108-64-51(68-38(2)90)59(98)55(94)47(34-86)112-64)8-6-5-7-45(62(101)102)80(27-43-31-83(77-73-43)11-15-105-19-23-109-65-52(69-39(3)91)60(99)56(95)48(35-87)113-65)28-44-32-84(78-74-44)12-16-106-20-24-110-66-53(70-40(4)92)61(100)57(96)49(36-88)114-66/h29-32,45-61,63-66,71,75,85-88,93-100H,5-28,33-36H2,1-4H3,(H,67,89)(H,68,90)(H,69,91)(H,70,92)(H,101,102)/t45-,46+,47+,48+,49+,50+,51+,52+,53+,54-,55-,56-,57-,58+,59+,60+,61+,63+,64+,65+,66+/m0/s1. The maximum Gasteiger partial charge on any atom is 0.320 e. The number of aliphatic hydroxyl groups is 12. The molecule has 3 aromatic rings. The number of aromatic nitrogens is 9. The number of ether oxygens (including phenoxy) is 12. The number of hydrazine groups is 2. The zero-order valence-electron chi connectivity index (χ0n) is 63.9. The van der Waals surface area contributed by atoms with Crippen molar-refractivity contribution in [2.45, 2.75) is 215 Å². The fourth-order valence-electron chi connectivity index (χ4n) is 13.1. The van der Waals surface area contributed by atoms with E-state index in [0.29, 0.717) is 49.6 Å². The van der Waals surface area contributed by atoms with Crippen molar-refractivity contribution in [1.29, 1.82) is 0 Å². The molecule has 4 saturated heterocycles. The van der Waals surface area contributed by atoms with E-state index in [2.05, 4.69) is 68.1 Å². The Morgan fingerprint density at radius 2 is 0.772 bits per heavy atom. The van der Waals surface area contributed by atoms with E-state index in [1.807, 2.05) is 6.20 Å². The van der Waals surface area contributed by atoms with Crippen molar-refractivity contribution >= 4 is 29.6 Å². The van der Waals surface area contributed by atoms with Crippen LogP contribution >= 0.6 is 0 Å². The topological polar surface area (TPSA) is 633 Å². The highest BCUT2D eigenvalue weighted by atomic mass is 16.7. The number of carbonyl (C=O) groups is 5. The van der Waals surface area contributed by atoms with Crippen molar-refractivity contribution in [3.8, 4) is 0 Å². The van der Waals surface area contributed by atoms with E-state index in [9.17, 15) is 90.4 Å². The van der Waals surface area contributed by atoms with Gasteiger partial charge in [-0.25, -0.2) is 14.0 Å². The molecule has 0 unspecified atom stereocenters. The van der Waals surface area contributed by atoms with Gasteiger partial charge in [-0.1, -0.05) is 22.1 Å². The third-order valence-corrected chi connectivity index (χ3v) is 18.8. The zero-order valence-corrected chi connectivity index (χ0v) is 63.9. The number of aliphatic carboxylic acids is 1. The van der Waals surface area contributed by atoms with Gasteiger partial charge < -0.3 is 150 Å². The monoisotopic (exact) mass is 1640 g/mol. The molecule has 0 saturated carbocycles. The van der Waals surface area contributed by atoms with Gasteiger partial charge >= 0.3 is 5.97 Å². The predicted octanol–water partition coefficient (Wildman–Crippen LogP) is -11.3. The molecule has 5 aliphatic rings. The molecule has 8 rings (SSSR count). The molecule has 48 heteroatoms. The highest BCUT2D eigenvalue weighted by molar-refractivity contribution is 5.75. The molecule has 0 bridgehead atoms. The molecule has 0 spiro atoms. The number of aliphatic hydroxyl groups excluding tert-OH is 12. The summed E-state index contributed by atoms with van der Waals surface area (Å²) in [5.41, 5.74) is 8.41. The summed E-state index contributed by atoms with van der Waals surface area (Å²) in [6, 6.07) is -5.64. The lowest BCUT2D eigenvalue weighted by atomic mass is 9.97. The van der Waals surface area contributed by atoms with Crippen LogP contribution in [0.25, 0.3) is 0 Å². The number of nitrogens with zero attached hydrogens (tertiary/aromatic N) is 12. The fourth-order valence-corrected chi connectivity index (χ4v) is 13.1. The molecule has 8 heterocycles. The van der Waals surface area contributed by atoms with E-state index in [0.717, 1.165) is 5.70 Å². The summed E-state index contributed by atoms with van der Waals surface area (Å²) in [6.45, 7) is 4.95. The highest BCUT2D eigenvalue weighted by Gasteiger charge is 2.49. The second-order valence-corrected chi connectivity index (χ2v) is 27.6. The molecule has 48 nitrogen and oxygen atoms in total. The molecular formula is C66H112N18O30. The molecule has 21 atom stereocenters. The van der Waals surface area contributed by atoms with Crippen LogP contribution in [0.15, 0.2) is 30.5 Å². The van der Waals surface area contributed by atoms with Crippen molar-refractivity contribution in [3.05, 3.63) is 47.6 Å². The molecule has 0 radical (unpaired) electrons. The van der Waals surface area contributed by atoms with Crippen molar-refractivity contribution < 1.29 is 147 Å². The van der Waals surface area contributed by atoms with Crippen LogP contribution in [0.4, 0.5) is 0 Å². The van der Waals surface area contributed by atoms with Gasteiger partial charge in [-0.05, 0) is 19.4 Å². The average Bonchev–Trinajstić information content (AvgIpc) is 1.16. The Kier molecular flexibility index (Phi) is 38.5. The van der Waals surface area contributed by atoms with Gasteiger partial charge in [0.15, 0.2) is 25.2 Å². The summed E-state index contributed by atoms with van der Waals surface area (Å²) >= 11 is 0. The maximum atomic E-state index is 13.6. The van der Waals surface area contributed by atoms with Gasteiger partial charge in [0.25, 0.3) is 0 Å². The van der Waals surface area contributed by atoms with Crippen LogP contribution in [0, 0.1) is 0 Å². The quantitative estimate of drug-likeness (QED) is 0.0233. The number of rotatable bonds is 51. The van der Waals surface area contributed by atoms with Gasteiger partial charge in [0.1, 0.15) is 103 Å². The number of amides is 4. The molecule has 3 aromatic heterocycles. The summed E-state index contributed by atoms with van der Waals surface area (Å²) < 4.78 is 73.3. The first-order valence-electron chi connectivity index (χ1n) is 37.5. The first-order valence-corrected chi connectivity index (χ1v) is 37.5. The van der Waals surface area contributed by atoms with Gasteiger partial charge in [0.2, 0.25) is 23.6 Å². The minimum absolute atomic E-state index is 0.0163. The number of hydrogen-bond donors (Lipinski definition) is 19. The third kappa shape index (κ3) is 28.4. The highest BCUT2D eigenvalue weighted by Crippen LogP contribution is 2.27. The van der Waals surface area contributed by atoms with Crippen LogP contribution in [-0.2, 0) is 120 Å². The summed E-state index contributed by atoms with van der Waals surface area (Å²) in [4.78, 5) is 64.9. The summed E-state index contributed by atoms with van der Waals surface area (Å²) in [7, 11) is 0. The first kappa shape index (κ1) is 92.5. The lowest BCUT2D eigenvalue weighted by Gasteiger charge is -2.42.